The highest BCUT2D eigenvalue weighted by Crippen LogP contribution is 2.30. The van der Waals surface area contributed by atoms with Crippen molar-refractivity contribution in [3.05, 3.63) is 12.1 Å². The minimum Gasteiger partial charge on any atom is -0.479 e. The van der Waals surface area contributed by atoms with Crippen LogP contribution in [0.2, 0.25) is 0 Å². The lowest BCUT2D eigenvalue weighted by molar-refractivity contribution is 0.105. The average Bonchev–Trinajstić information content (AvgIpc) is 2.62. The molecule has 0 bridgehead atoms. The Labute approximate surface area is 101 Å². The van der Waals surface area contributed by atoms with Crippen molar-refractivity contribution in [2.75, 3.05) is 24.8 Å². The maximum atomic E-state index is 5.73. The number of pyridine rings is 1. The lowest BCUT2D eigenvalue weighted by atomic mass is 9.95. The first-order chi connectivity index (χ1) is 8.05. The number of hydrogen-bond acceptors (Lipinski definition) is 5. The number of nitrogens with one attached hydrogen (secondary N) is 1. The summed E-state index contributed by atoms with van der Waals surface area (Å²) in [7, 11) is 1.56. The van der Waals surface area contributed by atoms with Gasteiger partial charge in [-0.1, -0.05) is 0 Å². The number of aromatic nitrogens is 1. The lowest BCUT2D eigenvalue weighted by Gasteiger charge is -2.29. The molecule has 3 N–H and O–H groups in total. The Morgan fingerprint density at radius 2 is 2.35 bits per heavy atom. The second-order valence-corrected chi connectivity index (χ2v) is 4.60. The van der Waals surface area contributed by atoms with E-state index in [9.17, 15) is 0 Å². The highest BCUT2D eigenvalue weighted by molar-refractivity contribution is 5.54. The number of methoxy groups -OCH3 is 1. The third-order valence-electron chi connectivity index (χ3n) is 3.38. The average molecular weight is 237 g/mol. The fourth-order valence-corrected chi connectivity index (χ4v) is 1.98. The molecular formula is C12H19N3O2. The van der Waals surface area contributed by atoms with Gasteiger partial charge in [-0.15, -0.1) is 0 Å². The molecule has 0 radical (unpaired) electrons. The molecule has 94 valence electrons. The first-order valence-electron chi connectivity index (χ1n) is 5.75. The fraction of sp³-hybridized carbons (Fsp3) is 0.583. The minimum absolute atomic E-state index is 0.0892. The van der Waals surface area contributed by atoms with E-state index in [-0.39, 0.29) is 11.6 Å². The summed E-state index contributed by atoms with van der Waals surface area (Å²) in [6, 6.07) is 3.64. The van der Waals surface area contributed by atoms with Gasteiger partial charge in [-0.2, -0.15) is 4.98 Å². The largest absolute Gasteiger partial charge is 0.479 e. The molecular weight excluding hydrogens is 218 g/mol. The second kappa shape index (κ2) is 4.41. The number of nitrogens with zero attached hydrogens (tertiary/aromatic N) is 1. The standard InChI is InChI=1S/C12H19N3O2/c1-8-12(2,6-7-17-8)15-10-5-4-9(13)11(14-10)16-3/h4-5,8H,6-7,13H2,1-3H3,(H,14,15). The van der Waals surface area contributed by atoms with Crippen molar-refractivity contribution in [1.82, 2.24) is 4.98 Å². The van der Waals surface area contributed by atoms with Crippen LogP contribution in [0.25, 0.3) is 0 Å². The van der Waals surface area contributed by atoms with Gasteiger partial charge in [0.05, 0.1) is 24.4 Å². The zero-order valence-corrected chi connectivity index (χ0v) is 10.5. The molecule has 2 unspecified atom stereocenters. The maximum Gasteiger partial charge on any atom is 0.238 e. The molecule has 0 saturated carbocycles. The quantitative estimate of drug-likeness (QED) is 0.836. The molecule has 5 nitrogen and oxygen atoms in total. The third-order valence-corrected chi connectivity index (χ3v) is 3.38. The normalized spacial score (nSPS) is 28.1. The van der Waals surface area contributed by atoms with Crippen LogP contribution in [0, 0.1) is 0 Å². The molecule has 1 aliphatic rings. The molecule has 1 saturated heterocycles. The molecule has 2 atom stereocenters. The third kappa shape index (κ3) is 2.29. The van der Waals surface area contributed by atoms with Crippen molar-refractivity contribution in [1.29, 1.82) is 0 Å². The molecule has 17 heavy (non-hydrogen) atoms. The number of hydrogen-bond donors (Lipinski definition) is 2. The molecule has 1 aliphatic heterocycles. The van der Waals surface area contributed by atoms with Gasteiger partial charge in [-0.25, -0.2) is 0 Å². The zero-order chi connectivity index (χ0) is 12.5. The summed E-state index contributed by atoms with van der Waals surface area (Å²) in [5, 5.41) is 3.40. The molecule has 2 heterocycles. The molecule has 0 amide bonds. The van der Waals surface area contributed by atoms with E-state index in [2.05, 4.69) is 24.1 Å². The monoisotopic (exact) mass is 237 g/mol. The summed E-state index contributed by atoms with van der Waals surface area (Å²) in [5.41, 5.74) is 6.18. The fourth-order valence-electron chi connectivity index (χ4n) is 1.98. The van der Waals surface area contributed by atoms with Crippen LogP contribution in [0.15, 0.2) is 12.1 Å². The van der Waals surface area contributed by atoms with Crippen molar-refractivity contribution < 1.29 is 9.47 Å². The SMILES string of the molecule is COc1nc(NC2(C)CCOC2C)ccc1N. The molecule has 1 aromatic rings. The maximum absolute atomic E-state index is 5.73. The lowest BCUT2D eigenvalue weighted by Crippen LogP contribution is -2.41. The predicted octanol–water partition coefficient (Wildman–Crippen LogP) is 1.65. The Morgan fingerprint density at radius 3 is 2.94 bits per heavy atom. The molecule has 1 fully saturated rings. The van der Waals surface area contributed by atoms with Gasteiger partial charge in [0, 0.05) is 6.61 Å². The van der Waals surface area contributed by atoms with Crippen LogP contribution in [0.3, 0.4) is 0 Å². The van der Waals surface area contributed by atoms with E-state index in [1.807, 2.05) is 6.07 Å². The molecule has 0 aromatic carbocycles. The van der Waals surface area contributed by atoms with Gasteiger partial charge in [-0.05, 0) is 32.4 Å². The van der Waals surface area contributed by atoms with E-state index >= 15 is 0 Å². The molecule has 1 aromatic heterocycles. The second-order valence-electron chi connectivity index (χ2n) is 4.60. The van der Waals surface area contributed by atoms with Gasteiger partial charge < -0.3 is 20.5 Å². The summed E-state index contributed by atoms with van der Waals surface area (Å²) < 4.78 is 10.7. The van der Waals surface area contributed by atoms with E-state index in [1.54, 1.807) is 13.2 Å². The van der Waals surface area contributed by atoms with Crippen LogP contribution >= 0.6 is 0 Å². The van der Waals surface area contributed by atoms with Crippen molar-refractivity contribution in [3.63, 3.8) is 0 Å². The Kier molecular flexibility index (Phi) is 3.11. The summed E-state index contributed by atoms with van der Waals surface area (Å²) in [4.78, 5) is 4.32. The Balaban J connectivity index is 2.18. The number of nitrogens with two attached hydrogens (primary N) is 1. The van der Waals surface area contributed by atoms with Crippen LogP contribution in [0.1, 0.15) is 20.3 Å². The molecule has 5 heteroatoms. The van der Waals surface area contributed by atoms with Gasteiger partial charge in [0.1, 0.15) is 5.82 Å². The number of rotatable bonds is 3. The van der Waals surface area contributed by atoms with E-state index < -0.39 is 0 Å². The Hall–Kier alpha value is -1.49. The first kappa shape index (κ1) is 12.0. The smallest absolute Gasteiger partial charge is 0.238 e. The van der Waals surface area contributed by atoms with Gasteiger partial charge in [0.15, 0.2) is 0 Å². The van der Waals surface area contributed by atoms with Crippen molar-refractivity contribution >= 4 is 11.5 Å². The van der Waals surface area contributed by atoms with E-state index in [0.717, 1.165) is 18.8 Å². The Bertz CT molecular complexity index is 411. The predicted molar refractivity (Wildman–Crippen MR) is 67.3 cm³/mol. The van der Waals surface area contributed by atoms with Crippen LogP contribution in [-0.2, 0) is 4.74 Å². The summed E-state index contributed by atoms with van der Waals surface area (Å²) in [5.74, 6) is 1.21. The molecule has 0 spiro atoms. The van der Waals surface area contributed by atoms with Gasteiger partial charge >= 0.3 is 0 Å². The number of anilines is 2. The van der Waals surface area contributed by atoms with Crippen molar-refractivity contribution in [3.8, 4) is 5.88 Å². The summed E-state index contributed by atoms with van der Waals surface area (Å²) in [6.07, 6.45) is 1.12. The van der Waals surface area contributed by atoms with Crippen LogP contribution in [-0.4, -0.2) is 30.3 Å². The van der Waals surface area contributed by atoms with Crippen LogP contribution < -0.4 is 15.8 Å². The number of nitrogen functional groups attached to an aromatic ring is 1. The highest BCUT2D eigenvalue weighted by Gasteiger charge is 2.37. The number of ether oxygens (including phenoxy) is 2. The first-order valence-corrected chi connectivity index (χ1v) is 5.75. The minimum atomic E-state index is -0.0892. The molecule has 0 aliphatic carbocycles. The van der Waals surface area contributed by atoms with Crippen molar-refractivity contribution in [2.45, 2.75) is 31.9 Å². The summed E-state index contributed by atoms with van der Waals surface area (Å²) >= 11 is 0. The van der Waals surface area contributed by atoms with Crippen LogP contribution in [0.4, 0.5) is 11.5 Å². The summed E-state index contributed by atoms with van der Waals surface area (Å²) in [6.45, 7) is 4.97. The molecule has 2 rings (SSSR count). The highest BCUT2D eigenvalue weighted by atomic mass is 16.5. The zero-order valence-electron chi connectivity index (χ0n) is 10.5. The van der Waals surface area contributed by atoms with Crippen molar-refractivity contribution in [2.24, 2.45) is 0 Å². The van der Waals surface area contributed by atoms with E-state index in [4.69, 9.17) is 15.2 Å². The Morgan fingerprint density at radius 1 is 1.59 bits per heavy atom. The van der Waals surface area contributed by atoms with Gasteiger partial charge in [0.25, 0.3) is 0 Å². The van der Waals surface area contributed by atoms with E-state index in [0.29, 0.717) is 11.6 Å². The van der Waals surface area contributed by atoms with Gasteiger partial charge in [0.2, 0.25) is 5.88 Å². The van der Waals surface area contributed by atoms with Crippen LogP contribution in [0.5, 0.6) is 5.88 Å². The van der Waals surface area contributed by atoms with E-state index in [1.165, 1.54) is 0 Å². The van der Waals surface area contributed by atoms with Gasteiger partial charge in [-0.3, -0.25) is 0 Å². The topological polar surface area (TPSA) is 69.4 Å².